The fraction of sp³-hybridized carbons (Fsp3) is 0.500. The van der Waals surface area contributed by atoms with Crippen molar-refractivity contribution < 1.29 is 9.59 Å². The van der Waals surface area contributed by atoms with Gasteiger partial charge in [0.15, 0.2) is 5.16 Å². The molecule has 2 aromatic rings. The molecule has 0 radical (unpaired) electrons. The van der Waals surface area contributed by atoms with Crippen LogP contribution in [0.25, 0.3) is 0 Å². The van der Waals surface area contributed by atoms with E-state index in [0.29, 0.717) is 24.0 Å². The number of carbonyl (C=O) groups is 2. The number of benzene rings is 1. The number of aromatic nitrogens is 3. The van der Waals surface area contributed by atoms with Crippen LogP contribution in [0.3, 0.4) is 0 Å². The number of amides is 2. The number of rotatable bonds is 12. The van der Waals surface area contributed by atoms with E-state index in [1.54, 1.807) is 0 Å². The molecule has 0 atom stereocenters. The zero-order chi connectivity index (χ0) is 20.4. The molecule has 2 amide bonds. The van der Waals surface area contributed by atoms with Crippen molar-refractivity contribution in [1.82, 2.24) is 20.1 Å². The molecule has 0 fully saturated rings. The lowest BCUT2D eigenvalue weighted by Gasteiger charge is -2.12. The van der Waals surface area contributed by atoms with E-state index in [1.807, 2.05) is 22.8 Å². The minimum Gasteiger partial charge on any atom is -0.370 e. The number of hydrogen-bond donors (Lipinski definition) is 2. The molecule has 8 heteroatoms. The summed E-state index contributed by atoms with van der Waals surface area (Å²) in [7, 11) is 0. The highest BCUT2D eigenvalue weighted by Gasteiger charge is 2.15. The Kier molecular flexibility index (Phi) is 9.00. The molecular formula is C20H29N5O2S. The van der Waals surface area contributed by atoms with Crippen LogP contribution in [-0.4, -0.2) is 38.9 Å². The zero-order valence-corrected chi connectivity index (χ0v) is 17.4. The second kappa shape index (κ2) is 11.5. The van der Waals surface area contributed by atoms with E-state index in [0.717, 1.165) is 25.2 Å². The molecule has 28 heavy (non-hydrogen) atoms. The highest BCUT2D eigenvalue weighted by Crippen LogP contribution is 2.19. The third-order valence-electron chi connectivity index (χ3n) is 4.08. The number of carbonyl (C=O) groups excluding carboxylic acids is 2. The minimum atomic E-state index is -0.358. The lowest BCUT2D eigenvalue weighted by atomic mass is 10.1. The Hall–Kier alpha value is -2.35. The molecule has 152 valence electrons. The van der Waals surface area contributed by atoms with Crippen molar-refractivity contribution >= 4 is 23.6 Å². The van der Waals surface area contributed by atoms with Crippen molar-refractivity contribution in [2.45, 2.75) is 51.2 Å². The third-order valence-corrected chi connectivity index (χ3v) is 5.04. The molecule has 0 aliphatic carbocycles. The van der Waals surface area contributed by atoms with Gasteiger partial charge in [-0.15, -0.1) is 10.2 Å². The van der Waals surface area contributed by atoms with Crippen molar-refractivity contribution in [2.24, 2.45) is 11.7 Å². The van der Waals surface area contributed by atoms with Gasteiger partial charge in [-0.25, -0.2) is 0 Å². The van der Waals surface area contributed by atoms with E-state index in [1.165, 1.54) is 17.3 Å². The molecular weight excluding hydrogens is 374 g/mol. The summed E-state index contributed by atoms with van der Waals surface area (Å²) in [6, 6.07) is 10.2. The minimum absolute atomic E-state index is 0.0177. The van der Waals surface area contributed by atoms with Crippen LogP contribution in [0.2, 0.25) is 0 Å². The molecule has 3 N–H and O–H groups in total. The van der Waals surface area contributed by atoms with E-state index in [4.69, 9.17) is 5.73 Å². The zero-order valence-electron chi connectivity index (χ0n) is 16.6. The van der Waals surface area contributed by atoms with Crippen LogP contribution in [0.1, 0.15) is 38.1 Å². The van der Waals surface area contributed by atoms with E-state index < -0.39 is 0 Å². The van der Waals surface area contributed by atoms with Crippen LogP contribution in [0.15, 0.2) is 35.5 Å². The van der Waals surface area contributed by atoms with Gasteiger partial charge in [-0.2, -0.15) is 0 Å². The maximum Gasteiger partial charge on any atom is 0.230 e. The quantitative estimate of drug-likeness (QED) is 0.418. The number of thioether (sulfide) groups is 1. The van der Waals surface area contributed by atoms with Crippen molar-refractivity contribution in [2.75, 3.05) is 12.3 Å². The van der Waals surface area contributed by atoms with Crippen LogP contribution >= 0.6 is 11.8 Å². The number of hydrogen-bond acceptors (Lipinski definition) is 5. The van der Waals surface area contributed by atoms with Gasteiger partial charge < -0.3 is 15.6 Å². The Bertz CT molecular complexity index is 761. The number of aryl methyl sites for hydroxylation is 2. The predicted octanol–water partition coefficient (Wildman–Crippen LogP) is 2.19. The summed E-state index contributed by atoms with van der Waals surface area (Å²) in [6.45, 7) is 5.59. The summed E-state index contributed by atoms with van der Waals surface area (Å²) >= 11 is 1.37. The van der Waals surface area contributed by atoms with E-state index >= 15 is 0 Å². The smallest absolute Gasteiger partial charge is 0.230 e. The molecule has 0 aliphatic heterocycles. The summed E-state index contributed by atoms with van der Waals surface area (Å²) in [5, 5.41) is 12.0. The fourth-order valence-corrected chi connectivity index (χ4v) is 3.54. The highest BCUT2D eigenvalue weighted by molar-refractivity contribution is 7.99. The average molecular weight is 404 g/mol. The van der Waals surface area contributed by atoms with E-state index in [9.17, 15) is 9.59 Å². The Morgan fingerprint density at radius 3 is 2.61 bits per heavy atom. The Morgan fingerprint density at radius 2 is 1.93 bits per heavy atom. The lowest BCUT2D eigenvalue weighted by Crippen LogP contribution is -2.26. The molecule has 2 rings (SSSR count). The van der Waals surface area contributed by atoms with Crippen molar-refractivity contribution in [3.63, 3.8) is 0 Å². The van der Waals surface area contributed by atoms with Gasteiger partial charge >= 0.3 is 0 Å². The van der Waals surface area contributed by atoms with Crippen LogP contribution in [0, 0.1) is 5.92 Å². The van der Waals surface area contributed by atoms with Gasteiger partial charge in [0.25, 0.3) is 0 Å². The summed E-state index contributed by atoms with van der Waals surface area (Å²) in [4.78, 5) is 23.2. The van der Waals surface area contributed by atoms with Crippen LogP contribution in [0.5, 0.6) is 0 Å². The van der Waals surface area contributed by atoms with Gasteiger partial charge in [0.05, 0.1) is 5.75 Å². The lowest BCUT2D eigenvalue weighted by molar-refractivity contribution is -0.119. The Balaban J connectivity index is 1.80. The van der Waals surface area contributed by atoms with Gasteiger partial charge in [0, 0.05) is 25.9 Å². The molecule has 0 unspecified atom stereocenters. The van der Waals surface area contributed by atoms with E-state index in [2.05, 4.69) is 41.5 Å². The SMILES string of the molecule is CC(C)Cn1c(CCC(N)=O)nnc1SCC(=O)NCCCc1ccccc1. The summed E-state index contributed by atoms with van der Waals surface area (Å²) in [6.07, 6.45) is 2.55. The Morgan fingerprint density at radius 1 is 1.18 bits per heavy atom. The largest absolute Gasteiger partial charge is 0.370 e. The standard InChI is InChI=1S/C20H29N5O2S/c1-15(2)13-25-18(11-10-17(21)26)23-24-20(25)28-14-19(27)22-12-6-9-16-7-4-3-5-8-16/h3-5,7-8,15H,6,9-14H2,1-2H3,(H2,21,26)(H,22,27). The predicted molar refractivity (Wildman–Crippen MR) is 111 cm³/mol. The van der Waals surface area contributed by atoms with Crippen LogP contribution < -0.4 is 11.1 Å². The Labute approximate surface area is 170 Å². The molecule has 0 saturated carbocycles. The summed E-state index contributed by atoms with van der Waals surface area (Å²) < 4.78 is 1.99. The molecule has 0 saturated heterocycles. The second-order valence-electron chi connectivity index (χ2n) is 7.10. The molecule has 0 spiro atoms. The van der Waals surface area contributed by atoms with Crippen molar-refractivity contribution in [3.8, 4) is 0 Å². The first kappa shape index (κ1) is 21.9. The molecule has 7 nitrogen and oxygen atoms in total. The number of nitrogens with zero attached hydrogens (tertiary/aromatic N) is 3. The monoisotopic (exact) mass is 403 g/mol. The molecule has 0 aliphatic rings. The topological polar surface area (TPSA) is 103 Å². The first-order chi connectivity index (χ1) is 13.5. The molecule has 0 bridgehead atoms. The van der Waals surface area contributed by atoms with E-state index in [-0.39, 0.29) is 24.0 Å². The van der Waals surface area contributed by atoms with Crippen LogP contribution in [0.4, 0.5) is 0 Å². The molecule has 1 aromatic carbocycles. The summed E-state index contributed by atoms with van der Waals surface area (Å²) in [5.74, 6) is 1.05. The second-order valence-corrected chi connectivity index (χ2v) is 8.04. The number of nitrogens with one attached hydrogen (secondary N) is 1. The number of nitrogens with two attached hydrogens (primary N) is 1. The normalized spacial score (nSPS) is 11.0. The summed E-state index contributed by atoms with van der Waals surface area (Å²) in [5.41, 5.74) is 6.51. The van der Waals surface area contributed by atoms with Crippen molar-refractivity contribution in [3.05, 3.63) is 41.7 Å². The van der Waals surface area contributed by atoms with Gasteiger partial charge in [-0.1, -0.05) is 55.9 Å². The number of primary amides is 1. The van der Waals surface area contributed by atoms with Crippen LogP contribution in [-0.2, 0) is 29.0 Å². The van der Waals surface area contributed by atoms with Gasteiger partial charge in [-0.3, -0.25) is 9.59 Å². The van der Waals surface area contributed by atoms with Gasteiger partial charge in [0.1, 0.15) is 5.82 Å². The molecule has 1 aromatic heterocycles. The van der Waals surface area contributed by atoms with Gasteiger partial charge in [0.2, 0.25) is 11.8 Å². The fourth-order valence-electron chi connectivity index (χ4n) is 2.74. The van der Waals surface area contributed by atoms with Gasteiger partial charge in [-0.05, 0) is 24.3 Å². The first-order valence-corrected chi connectivity index (χ1v) is 10.6. The highest BCUT2D eigenvalue weighted by atomic mass is 32.2. The molecule has 1 heterocycles. The first-order valence-electron chi connectivity index (χ1n) is 9.59. The average Bonchev–Trinajstić information content (AvgIpc) is 3.03. The maximum atomic E-state index is 12.1. The maximum absolute atomic E-state index is 12.1. The van der Waals surface area contributed by atoms with Crippen molar-refractivity contribution in [1.29, 1.82) is 0 Å². The third kappa shape index (κ3) is 7.72.